The maximum absolute atomic E-state index is 10.7. The molecule has 5 nitrogen and oxygen atoms in total. The molecule has 5 heteroatoms. The predicted molar refractivity (Wildman–Crippen MR) is 99.4 cm³/mol. The molecular formula is C21H21NO4. The van der Waals surface area contributed by atoms with Crippen molar-refractivity contribution in [3.63, 3.8) is 0 Å². The normalized spacial score (nSPS) is 13.8. The number of carbonyl (C=O) groups is 1. The van der Waals surface area contributed by atoms with E-state index >= 15 is 0 Å². The summed E-state index contributed by atoms with van der Waals surface area (Å²) in [7, 11) is 0. The summed E-state index contributed by atoms with van der Waals surface area (Å²) in [6.45, 7) is 3.51. The van der Waals surface area contributed by atoms with Crippen LogP contribution < -0.4 is 9.47 Å². The van der Waals surface area contributed by atoms with Gasteiger partial charge < -0.3 is 19.6 Å². The maximum atomic E-state index is 10.7. The molecule has 1 saturated carbocycles. The summed E-state index contributed by atoms with van der Waals surface area (Å²) in [4.78, 5) is 14.0. The molecule has 26 heavy (non-hydrogen) atoms. The zero-order chi connectivity index (χ0) is 18.3. The van der Waals surface area contributed by atoms with Crippen LogP contribution in [-0.4, -0.2) is 22.7 Å². The molecule has 134 valence electrons. The second kappa shape index (κ2) is 6.41. The Balaban J connectivity index is 1.61. The Morgan fingerprint density at radius 3 is 2.54 bits per heavy atom. The number of carboxylic acid groups (broad SMARTS) is 1. The zero-order valence-electron chi connectivity index (χ0n) is 14.8. The van der Waals surface area contributed by atoms with Gasteiger partial charge in [-0.2, -0.15) is 0 Å². The summed E-state index contributed by atoms with van der Waals surface area (Å²) in [6.07, 6.45) is 4.62. The van der Waals surface area contributed by atoms with E-state index in [2.05, 4.69) is 17.2 Å². The van der Waals surface area contributed by atoms with Crippen molar-refractivity contribution >= 4 is 16.9 Å². The average Bonchev–Trinajstić information content (AvgIpc) is 3.36. The Bertz CT molecular complexity index is 962. The minimum atomic E-state index is -0.994. The molecule has 1 aromatic heterocycles. The van der Waals surface area contributed by atoms with E-state index in [-0.39, 0.29) is 6.61 Å². The van der Waals surface area contributed by atoms with E-state index in [1.165, 1.54) is 23.8 Å². The monoisotopic (exact) mass is 351 g/mol. The quantitative estimate of drug-likeness (QED) is 0.661. The van der Waals surface area contributed by atoms with Gasteiger partial charge in [-0.1, -0.05) is 0 Å². The van der Waals surface area contributed by atoms with Crippen LogP contribution >= 0.6 is 0 Å². The number of rotatable bonds is 6. The molecule has 1 aliphatic carbocycles. The van der Waals surface area contributed by atoms with E-state index in [0.717, 1.165) is 28.1 Å². The van der Waals surface area contributed by atoms with Crippen molar-refractivity contribution in [2.75, 3.05) is 6.61 Å². The van der Waals surface area contributed by atoms with Crippen molar-refractivity contribution in [1.29, 1.82) is 0 Å². The molecule has 0 spiro atoms. The van der Waals surface area contributed by atoms with Crippen LogP contribution in [0.25, 0.3) is 10.9 Å². The molecule has 1 aliphatic rings. The first kappa shape index (κ1) is 16.5. The number of aryl methyl sites for hydroxylation is 2. The van der Waals surface area contributed by atoms with Gasteiger partial charge in [0.1, 0.15) is 17.2 Å². The van der Waals surface area contributed by atoms with Crippen LogP contribution in [0.5, 0.6) is 17.2 Å². The van der Waals surface area contributed by atoms with Gasteiger partial charge in [0.25, 0.3) is 0 Å². The number of hydrogen-bond acceptors (Lipinski definition) is 3. The molecule has 0 atom stereocenters. The highest BCUT2D eigenvalue weighted by atomic mass is 16.5. The molecule has 2 N–H and O–H groups in total. The highest BCUT2D eigenvalue weighted by Gasteiger charge is 2.26. The van der Waals surface area contributed by atoms with Gasteiger partial charge in [0, 0.05) is 17.1 Å². The molecule has 0 bridgehead atoms. The second-order valence-corrected chi connectivity index (χ2v) is 6.90. The van der Waals surface area contributed by atoms with E-state index in [0.29, 0.717) is 11.7 Å². The Hall–Kier alpha value is -2.95. The minimum Gasteiger partial charge on any atom is -0.482 e. The number of nitrogens with one attached hydrogen (secondary N) is 1. The molecule has 0 unspecified atom stereocenters. The third-order valence-corrected chi connectivity index (χ3v) is 4.72. The molecular weight excluding hydrogens is 330 g/mol. The molecule has 0 radical (unpaired) electrons. The molecule has 2 aromatic carbocycles. The van der Waals surface area contributed by atoms with Crippen molar-refractivity contribution in [2.45, 2.75) is 32.6 Å². The number of aromatic amines is 1. The number of aromatic nitrogens is 1. The first-order valence-corrected chi connectivity index (χ1v) is 8.76. The van der Waals surface area contributed by atoms with Crippen molar-refractivity contribution in [3.05, 3.63) is 53.2 Å². The third kappa shape index (κ3) is 3.25. The van der Waals surface area contributed by atoms with Crippen LogP contribution in [0.4, 0.5) is 0 Å². The number of benzene rings is 2. The largest absolute Gasteiger partial charge is 0.482 e. The summed E-state index contributed by atoms with van der Waals surface area (Å²) in [5.41, 5.74) is 4.31. The van der Waals surface area contributed by atoms with Crippen molar-refractivity contribution in [1.82, 2.24) is 4.98 Å². The number of hydrogen-bond donors (Lipinski definition) is 2. The summed E-state index contributed by atoms with van der Waals surface area (Å²) in [5.74, 6) is 1.78. The molecule has 0 amide bonds. The SMILES string of the molecule is Cc1cc(OCC(=O)O)cc(C)c1Oc1ccc2[nH]cc(C3CC3)c2c1. The van der Waals surface area contributed by atoms with Crippen LogP contribution in [-0.2, 0) is 4.79 Å². The third-order valence-electron chi connectivity index (χ3n) is 4.72. The smallest absolute Gasteiger partial charge is 0.341 e. The summed E-state index contributed by atoms with van der Waals surface area (Å²) >= 11 is 0. The van der Waals surface area contributed by atoms with Gasteiger partial charge in [-0.25, -0.2) is 4.79 Å². The first-order chi connectivity index (χ1) is 12.5. The highest BCUT2D eigenvalue weighted by Crippen LogP contribution is 2.44. The number of carboxylic acids is 1. The zero-order valence-corrected chi connectivity index (χ0v) is 14.8. The van der Waals surface area contributed by atoms with Crippen LogP contribution in [0.15, 0.2) is 36.5 Å². The lowest BCUT2D eigenvalue weighted by molar-refractivity contribution is -0.139. The Morgan fingerprint density at radius 2 is 1.88 bits per heavy atom. The minimum absolute atomic E-state index is 0.354. The topological polar surface area (TPSA) is 71.6 Å². The Morgan fingerprint density at radius 1 is 1.15 bits per heavy atom. The van der Waals surface area contributed by atoms with Crippen molar-refractivity contribution < 1.29 is 19.4 Å². The molecule has 1 heterocycles. The lowest BCUT2D eigenvalue weighted by atomic mass is 10.1. The lowest BCUT2D eigenvalue weighted by Gasteiger charge is -2.14. The standard InChI is InChI=1S/C21H21NO4/c1-12-7-16(25-11-20(23)24)8-13(2)21(12)26-15-5-6-19-17(9-15)18(10-22-19)14-3-4-14/h5-10,14,22H,3-4,11H2,1-2H3,(H,23,24). The molecule has 3 aromatic rings. The van der Waals surface area contributed by atoms with Gasteiger partial charge in [-0.05, 0) is 79.6 Å². The van der Waals surface area contributed by atoms with E-state index in [4.69, 9.17) is 14.6 Å². The number of H-pyrrole nitrogens is 1. The van der Waals surface area contributed by atoms with Crippen molar-refractivity contribution in [2.24, 2.45) is 0 Å². The van der Waals surface area contributed by atoms with Gasteiger partial charge in [0.05, 0.1) is 0 Å². The summed E-state index contributed by atoms with van der Waals surface area (Å²) < 4.78 is 11.4. The number of ether oxygens (including phenoxy) is 2. The van der Waals surface area contributed by atoms with Crippen LogP contribution in [0.2, 0.25) is 0 Å². The van der Waals surface area contributed by atoms with Crippen LogP contribution in [0.1, 0.15) is 35.4 Å². The highest BCUT2D eigenvalue weighted by molar-refractivity contribution is 5.85. The maximum Gasteiger partial charge on any atom is 0.341 e. The second-order valence-electron chi connectivity index (χ2n) is 6.90. The summed E-state index contributed by atoms with van der Waals surface area (Å²) in [5, 5.41) is 9.97. The number of aliphatic carboxylic acids is 1. The van der Waals surface area contributed by atoms with Gasteiger partial charge in [-0.15, -0.1) is 0 Å². The fourth-order valence-electron chi connectivity index (χ4n) is 3.33. The van der Waals surface area contributed by atoms with E-state index in [9.17, 15) is 4.79 Å². The van der Waals surface area contributed by atoms with Gasteiger partial charge >= 0.3 is 5.97 Å². The van der Waals surface area contributed by atoms with Crippen molar-refractivity contribution in [3.8, 4) is 17.2 Å². The van der Waals surface area contributed by atoms with E-state index < -0.39 is 5.97 Å². The average molecular weight is 351 g/mol. The fourth-order valence-corrected chi connectivity index (χ4v) is 3.33. The first-order valence-electron chi connectivity index (χ1n) is 8.76. The summed E-state index contributed by atoms with van der Waals surface area (Å²) in [6, 6.07) is 9.70. The molecule has 4 rings (SSSR count). The van der Waals surface area contributed by atoms with E-state index in [1.54, 1.807) is 12.1 Å². The Kier molecular flexibility index (Phi) is 4.07. The van der Waals surface area contributed by atoms with E-state index in [1.807, 2.05) is 26.0 Å². The molecule has 0 aliphatic heterocycles. The number of fused-ring (bicyclic) bond motifs is 1. The van der Waals surface area contributed by atoms with Gasteiger partial charge in [-0.3, -0.25) is 0 Å². The predicted octanol–water partition coefficient (Wildman–Crippen LogP) is 4.92. The fraction of sp³-hybridized carbons (Fsp3) is 0.286. The van der Waals surface area contributed by atoms with Gasteiger partial charge in [0.2, 0.25) is 0 Å². The van der Waals surface area contributed by atoms with Crippen LogP contribution in [0, 0.1) is 13.8 Å². The lowest BCUT2D eigenvalue weighted by Crippen LogP contribution is -2.09. The van der Waals surface area contributed by atoms with Gasteiger partial charge in [0.15, 0.2) is 6.61 Å². The van der Waals surface area contributed by atoms with Crippen LogP contribution in [0.3, 0.4) is 0 Å². The molecule has 0 saturated heterocycles. The molecule has 1 fully saturated rings. The Labute approximate surface area is 151 Å².